The van der Waals surface area contributed by atoms with Gasteiger partial charge in [-0.05, 0) is 29.8 Å². The zero-order valence-electron chi connectivity index (χ0n) is 11.1. The molecule has 1 heterocycles. The summed E-state index contributed by atoms with van der Waals surface area (Å²) in [4.78, 5) is 22.1. The second kappa shape index (κ2) is 6.89. The molecule has 2 N–H and O–H groups in total. The van der Waals surface area contributed by atoms with E-state index in [0.29, 0.717) is 5.17 Å². The lowest BCUT2D eigenvalue weighted by molar-refractivity contribution is -0.138. The molecule has 1 atom stereocenters. The Morgan fingerprint density at radius 2 is 2.19 bits per heavy atom. The standard InChI is InChI=1S/C13H13N3O4S/c1-20-9-4-2-8(3-5-9)7-14-16-13-15-12(19)10(21-13)6-11(17)18/h2-5,7,10H,6H2,1H3,(H,17,18)(H,15,16,19)/b14-7+/t10-/m0/s1. The van der Waals surface area contributed by atoms with Gasteiger partial charge in [0.2, 0.25) is 5.91 Å². The van der Waals surface area contributed by atoms with Crippen molar-refractivity contribution in [1.82, 2.24) is 5.32 Å². The average molecular weight is 307 g/mol. The van der Waals surface area contributed by atoms with Gasteiger partial charge in [-0.15, -0.1) is 5.10 Å². The van der Waals surface area contributed by atoms with Crippen molar-refractivity contribution in [2.45, 2.75) is 11.7 Å². The van der Waals surface area contributed by atoms with Crippen LogP contribution in [0.25, 0.3) is 0 Å². The van der Waals surface area contributed by atoms with Gasteiger partial charge in [-0.25, -0.2) is 0 Å². The first-order valence-corrected chi connectivity index (χ1v) is 6.91. The number of benzene rings is 1. The van der Waals surface area contributed by atoms with Crippen molar-refractivity contribution in [3.63, 3.8) is 0 Å². The zero-order chi connectivity index (χ0) is 15.2. The minimum atomic E-state index is -1.02. The van der Waals surface area contributed by atoms with E-state index in [-0.39, 0.29) is 12.3 Å². The van der Waals surface area contributed by atoms with Gasteiger partial charge in [0, 0.05) is 0 Å². The average Bonchev–Trinajstić information content (AvgIpc) is 2.79. The van der Waals surface area contributed by atoms with Crippen molar-refractivity contribution < 1.29 is 19.4 Å². The number of nitrogens with one attached hydrogen (secondary N) is 1. The number of hydrogen-bond donors (Lipinski definition) is 2. The number of carbonyl (C=O) groups is 2. The van der Waals surface area contributed by atoms with Crippen LogP contribution in [-0.2, 0) is 9.59 Å². The van der Waals surface area contributed by atoms with Crippen LogP contribution in [0.5, 0.6) is 5.75 Å². The van der Waals surface area contributed by atoms with Gasteiger partial charge in [-0.3, -0.25) is 9.59 Å². The number of carbonyl (C=O) groups excluding carboxylic acids is 1. The topological polar surface area (TPSA) is 100 Å². The molecule has 110 valence electrons. The molecule has 2 rings (SSSR count). The summed E-state index contributed by atoms with van der Waals surface area (Å²) in [5.41, 5.74) is 0.830. The fourth-order valence-electron chi connectivity index (χ4n) is 1.58. The third kappa shape index (κ3) is 4.32. The summed E-state index contributed by atoms with van der Waals surface area (Å²) < 4.78 is 5.04. The highest BCUT2D eigenvalue weighted by atomic mass is 32.2. The van der Waals surface area contributed by atoms with E-state index in [0.717, 1.165) is 23.1 Å². The molecule has 1 aliphatic rings. The predicted octanol–water partition coefficient (Wildman–Crippen LogP) is 1.09. The third-order valence-electron chi connectivity index (χ3n) is 2.61. The van der Waals surface area contributed by atoms with Crippen LogP contribution >= 0.6 is 11.8 Å². The Labute approximate surface area is 125 Å². The van der Waals surface area contributed by atoms with Crippen molar-refractivity contribution in [2.75, 3.05) is 7.11 Å². The van der Waals surface area contributed by atoms with Crippen molar-refractivity contribution >= 4 is 35.0 Å². The molecule has 0 aliphatic carbocycles. The minimum absolute atomic E-state index is 0.238. The molecule has 1 aromatic rings. The second-order valence-corrected chi connectivity index (χ2v) is 5.31. The van der Waals surface area contributed by atoms with Crippen LogP contribution < -0.4 is 10.1 Å². The maximum Gasteiger partial charge on any atom is 0.305 e. The molecule has 1 saturated heterocycles. The van der Waals surface area contributed by atoms with Gasteiger partial charge in [-0.2, -0.15) is 5.10 Å². The molecule has 0 aromatic heterocycles. The Morgan fingerprint density at radius 1 is 1.48 bits per heavy atom. The number of nitrogens with zero attached hydrogens (tertiary/aromatic N) is 2. The van der Waals surface area contributed by atoms with Gasteiger partial charge in [-0.1, -0.05) is 11.8 Å². The summed E-state index contributed by atoms with van der Waals surface area (Å²) in [6.07, 6.45) is 1.29. The lowest BCUT2D eigenvalue weighted by Crippen LogP contribution is -2.26. The van der Waals surface area contributed by atoms with Gasteiger partial charge in [0.1, 0.15) is 11.0 Å². The molecule has 21 heavy (non-hydrogen) atoms. The molecule has 1 aliphatic heterocycles. The normalized spacial score (nSPS) is 20.0. The Balaban J connectivity index is 1.96. The molecule has 0 bridgehead atoms. The summed E-state index contributed by atoms with van der Waals surface area (Å²) in [7, 11) is 1.59. The lowest BCUT2D eigenvalue weighted by atomic mass is 10.2. The summed E-state index contributed by atoms with van der Waals surface area (Å²) in [5.74, 6) is -0.639. The highest BCUT2D eigenvalue weighted by molar-refractivity contribution is 8.15. The predicted molar refractivity (Wildman–Crippen MR) is 79.8 cm³/mol. The number of aliphatic carboxylic acids is 1. The van der Waals surface area contributed by atoms with E-state index >= 15 is 0 Å². The van der Waals surface area contributed by atoms with Crippen molar-refractivity contribution in [3.8, 4) is 5.75 Å². The quantitative estimate of drug-likeness (QED) is 0.626. The minimum Gasteiger partial charge on any atom is -0.497 e. The Morgan fingerprint density at radius 3 is 2.81 bits per heavy atom. The van der Waals surface area contributed by atoms with Crippen LogP contribution in [0.15, 0.2) is 34.5 Å². The number of ether oxygens (including phenoxy) is 1. The number of amides is 1. The molecule has 0 unspecified atom stereocenters. The lowest BCUT2D eigenvalue weighted by Gasteiger charge is -1.98. The number of rotatable bonds is 5. The largest absolute Gasteiger partial charge is 0.497 e. The number of carboxylic acid groups (broad SMARTS) is 1. The van der Waals surface area contributed by atoms with Crippen LogP contribution in [0.1, 0.15) is 12.0 Å². The van der Waals surface area contributed by atoms with Gasteiger partial charge >= 0.3 is 5.97 Å². The van der Waals surface area contributed by atoms with Gasteiger partial charge in [0.05, 0.1) is 19.7 Å². The van der Waals surface area contributed by atoms with E-state index in [9.17, 15) is 9.59 Å². The number of carboxylic acids is 1. The number of amidine groups is 1. The molecule has 1 fully saturated rings. The van der Waals surface area contributed by atoms with E-state index in [1.54, 1.807) is 19.2 Å². The van der Waals surface area contributed by atoms with Crippen molar-refractivity contribution in [2.24, 2.45) is 10.2 Å². The monoisotopic (exact) mass is 307 g/mol. The third-order valence-corrected chi connectivity index (χ3v) is 3.68. The zero-order valence-corrected chi connectivity index (χ0v) is 12.0. The van der Waals surface area contributed by atoms with Crippen molar-refractivity contribution in [3.05, 3.63) is 29.8 Å². The summed E-state index contributed by atoms with van der Waals surface area (Å²) in [6.45, 7) is 0. The molecule has 0 radical (unpaired) electrons. The Bertz CT molecular complexity index is 598. The van der Waals surface area contributed by atoms with E-state index in [1.165, 1.54) is 6.21 Å². The molecule has 8 heteroatoms. The second-order valence-electron chi connectivity index (χ2n) is 4.12. The van der Waals surface area contributed by atoms with Gasteiger partial charge < -0.3 is 15.2 Å². The van der Waals surface area contributed by atoms with E-state index in [1.807, 2.05) is 12.1 Å². The van der Waals surface area contributed by atoms with Crippen LogP contribution in [0.2, 0.25) is 0 Å². The summed E-state index contributed by atoms with van der Waals surface area (Å²) in [5, 5.41) is 18.5. The maximum absolute atomic E-state index is 11.5. The number of methoxy groups -OCH3 is 1. The Kier molecular flexibility index (Phi) is 4.94. The molecular weight excluding hydrogens is 294 g/mol. The van der Waals surface area contributed by atoms with Crippen LogP contribution in [0.4, 0.5) is 0 Å². The molecule has 1 amide bonds. The molecule has 7 nitrogen and oxygen atoms in total. The molecule has 0 saturated carbocycles. The smallest absolute Gasteiger partial charge is 0.305 e. The van der Waals surface area contributed by atoms with Crippen LogP contribution in [-0.4, -0.2) is 40.7 Å². The van der Waals surface area contributed by atoms with Crippen LogP contribution in [0, 0.1) is 0 Å². The summed E-state index contributed by atoms with van der Waals surface area (Å²) in [6, 6.07) is 7.22. The Hall–Kier alpha value is -2.35. The van der Waals surface area contributed by atoms with E-state index in [2.05, 4.69) is 15.5 Å². The van der Waals surface area contributed by atoms with E-state index in [4.69, 9.17) is 9.84 Å². The molecule has 1 aromatic carbocycles. The first kappa shape index (κ1) is 15.0. The first-order chi connectivity index (χ1) is 10.1. The van der Waals surface area contributed by atoms with Gasteiger partial charge in [0.25, 0.3) is 0 Å². The molecule has 0 spiro atoms. The molecular formula is C13H13N3O4S. The van der Waals surface area contributed by atoms with Crippen LogP contribution in [0.3, 0.4) is 0 Å². The SMILES string of the molecule is COc1ccc(/C=N/N=C2/NC(=O)[C@H](CC(=O)O)S2)cc1. The fraction of sp³-hybridized carbons (Fsp3) is 0.231. The highest BCUT2D eigenvalue weighted by Gasteiger charge is 2.32. The van der Waals surface area contributed by atoms with E-state index < -0.39 is 11.2 Å². The van der Waals surface area contributed by atoms with Crippen molar-refractivity contribution in [1.29, 1.82) is 0 Å². The highest BCUT2D eigenvalue weighted by Crippen LogP contribution is 2.22. The maximum atomic E-state index is 11.5. The number of hydrogen-bond acceptors (Lipinski definition) is 6. The number of thioether (sulfide) groups is 1. The fourth-order valence-corrected chi connectivity index (χ4v) is 2.50. The van der Waals surface area contributed by atoms with Gasteiger partial charge in [0.15, 0.2) is 5.17 Å². The first-order valence-electron chi connectivity index (χ1n) is 6.03. The summed E-state index contributed by atoms with van der Waals surface area (Å²) >= 11 is 1.06.